The molecular formula is C44H76N6O6. The first-order valence-electron chi connectivity index (χ1n) is 20.2. The summed E-state index contributed by atoms with van der Waals surface area (Å²) in [4.78, 5) is 76.3. The smallest absolute Gasteiger partial charge is 0.312 e. The van der Waals surface area contributed by atoms with Gasteiger partial charge in [0.25, 0.3) is 0 Å². The summed E-state index contributed by atoms with van der Waals surface area (Å²) in [6.07, 6.45) is 5.51. The van der Waals surface area contributed by atoms with Crippen molar-refractivity contribution >= 4 is 46.0 Å². The third-order valence-corrected chi connectivity index (χ3v) is 9.52. The molecule has 1 aromatic heterocycles. The lowest BCUT2D eigenvalue weighted by Gasteiger charge is -2.26. The highest BCUT2D eigenvalue weighted by atomic mass is 16.2. The first-order valence-corrected chi connectivity index (χ1v) is 20.2. The number of rotatable bonds is 25. The number of primary amides is 1. The number of nitrogens with two attached hydrogens (primary N) is 1. The van der Waals surface area contributed by atoms with Crippen molar-refractivity contribution in [2.24, 2.45) is 35.3 Å². The Kier molecular flexibility index (Phi) is 25.0. The van der Waals surface area contributed by atoms with Crippen LogP contribution in [0, 0.1) is 29.6 Å². The Morgan fingerprint density at radius 1 is 0.696 bits per heavy atom. The molecule has 0 aliphatic carbocycles. The normalized spacial score (nSPS) is 13.5. The van der Waals surface area contributed by atoms with Gasteiger partial charge in [0, 0.05) is 85.7 Å². The van der Waals surface area contributed by atoms with Gasteiger partial charge in [0.2, 0.25) is 5.91 Å². The van der Waals surface area contributed by atoms with Gasteiger partial charge in [0.05, 0.1) is 12.1 Å². The van der Waals surface area contributed by atoms with Crippen LogP contribution in [-0.4, -0.2) is 77.3 Å². The third kappa shape index (κ3) is 19.8. The van der Waals surface area contributed by atoms with E-state index in [4.69, 9.17) is 5.73 Å². The molecule has 0 saturated heterocycles. The molecule has 2 rings (SSSR count). The highest BCUT2D eigenvalue weighted by molar-refractivity contribution is 5.93. The Balaban J connectivity index is 0.00000110. The first-order chi connectivity index (χ1) is 25.7. The van der Waals surface area contributed by atoms with Crippen molar-refractivity contribution in [1.29, 1.82) is 0 Å². The minimum Gasteiger partial charge on any atom is -0.361 e. The van der Waals surface area contributed by atoms with E-state index in [2.05, 4.69) is 32.3 Å². The lowest BCUT2D eigenvalue weighted by Crippen LogP contribution is -2.45. The van der Waals surface area contributed by atoms with Crippen molar-refractivity contribution in [3.63, 3.8) is 0 Å². The second kappa shape index (κ2) is 26.9. The summed E-state index contributed by atoms with van der Waals surface area (Å²) in [7, 11) is 0. The fraction of sp³-hybridized carbons (Fsp3) is 0.682. The first kappa shape index (κ1) is 52.1. The molecular weight excluding hydrogens is 709 g/mol. The van der Waals surface area contributed by atoms with Crippen molar-refractivity contribution in [1.82, 2.24) is 26.3 Å². The summed E-state index contributed by atoms with van der Waals surface area (Å²) in [5.41, 5.74) is 7.19. The van der Waals surface area contributed by atoms with Crippen LogP contribution in [0.25, 0.3) is 10.9 Å². The molecule has 12 nitrogen and oxygen atoms in total. The molecule has 0 aliphatic rings. The zero-order valence-electron chi connectivity index (χ0n) is 35.5. The maximum atomic E-state index is 13.3. The largest absolute Gasteiger partial charge is 0.361 e. The van der Waals surface area contributed by atoms with Crippen LogP contribution in [0.15, 0.2) is 30.5 Å². The number of nitrogens with one attached hydrogen (secondary N) is 5. The molecule has 0 spiro atoms. The minimum atomic E-state index is -0.571. The molecule has 7 N–H and O–H groups in total. The quantitative estimate of drug-likeness (QED) is 0.0600. The van der Waals surface area contributed by atoms with E-state index in [0.29, 0.717) is 45.2 Å². The predicted molar refractivity (Wildman–Crippen MR) is 228 cm³/mol. The van der Waals surface area contributed by atoms with E-state index in [-0.39, 0.29) is 103 Å². The van der Waals surface area contributed by atoms with Gasteiger partial charge >= 0.3 is 6.03 Å². The molecule has 1 aromatic carbocycles. The van der Waals surface area contributed by atoms with E-state index in [1.807, 2.05) is 93.6 Å². The third-order valence-electron chi connectivity index (χ3n) is 9.52. The number of H-pyrrole nitrogens is 1. The number of carbonyl (C=O) groups excluding carboxylic acids is 6. The number of aromatic amines is 1. The Labute approximate surface area is 337 Å². The van der Waals surface area contributed by atoms with Gasteiger partial charge in [-0.05, 0) is 49.7 Å². The van der Waals surface area contributed by atoms with Crippen LogP contribution in [-0.2, 0) is 30.4 Å². The number of amides is 3. The van der Waals surface area contributed by atoms with E-state index in [1.54, 1.807) is 0 Å². The van der Waals surface area contributed by atoms with Gasteiger partial charge in [0.1, 0.15) is 11.6 Å². The number of Topliss-reactive ketones (excluding diaryl/α,β-unsaturated/α-hetero) is 4. The van der Waals surface area contributed by atoms with Gasteiger partial charge in [-0.1, -0.05) is 94.9 Å². The van der Waals surface area contributed by atoms with Gasteiger partial charge in [-0.15, -0.1) is 0 Å². The maximum absolute atomic E-state index is 13.3. The van der Waals surface area contributed by atoms with E-state index in [9.17, 15) is 28.8 Å². The van der Waals surface area contributed by atoms with E-state index in [1.165, 1.54) is 6.92 Å². The number of urea groups is 1. The van der Waals surface area contributed by atoms with Gasteiger partial charge in [-0.3, -0.25) is 24.0 Å². The molecule has 3 amide bonds. The van der Waals surface area contributed by atoms with Crippen LogP contribution in [0.2, 0.25) is 0 Å². The number of hydrogen-bond acceptors (Lipinski definition) is 8. The summed E-state index contributed by atoms with van der Waals surface area (Å²) in [5.74, 6) is -0.387. The fourth-order valence-corrected chi connectivity index (χ4v) is 6.77. The number of carbonyl (C=O) groups is 6. The average Bonchev–Trinajstić information content (AvgIpc) is 3.50. The van der Waals surface area contributed by atoms with Crippen LogP contribution in [0.4, 0.5) is 4.79 Å². The zero-order valence-corrected chi connectivity index (χ0v) is 35.5. The molecule has 4 atom stereocenters. The lowest BCUT2D eigenvalue weighted by atomic mass is 9.84. The molecule has 56 heavy (non-hydrogen) atoms. The van der Waals surface area contributed by atoms with Gasteiger partial charge < -0.3 is 32.0 Å². The lowest BCUT2D eigenvalue weighted by molar-refractivity contribution is -0.131. The molecule has 0 saturated carbocycles. The average molecular weight is 785 g/mol. The summed E-state index contributed by atoms with van der Waals surface area (Å²) >= 11 is 0. The molecule has 2 aromatic rings. The molecule has 0 bridgehead atoms. The van der Waals surface area contributed by atoms with Crippen LogP contribution in [0.5, 0.6) is 0 Å². The molecule has 12 heteroatoms. The number of ketones is 4. The van der Waals surface area contributed by atoms with Gasteiger partial charge in [-0.25, -0.2) is 4.79 Å². The second-order valence-electron chi connectivity index (χ2n) is 16.4. The predicted octanol–water partition coefficient (Wildman–Crippen LogP) is 6.69. The van der Waals surface area contributed by atoms with Gasteiger partial charge in [0.15, 0.2) is 11.6 Å². The highest BCUT2D eigenvalue weighted by Gasteiger charge is 2.30. The molecule has 0 aliphatic heterocycles. The summed E-state index contributed by atoms with van der Waals surface area (Å²) in [6, 6.07) is 7.27. The van der Waals surface area contributed by atoms with Crippen LogP contribution in [0.1, 0.15) is 128 Å². The van der Waals surface area contributed by atoms with Crippen molar-refractivity contribution in [2.45, 2.75) is 153 Å². The Morgan fingerprint density at radius 2 is 1.20 bits per heavy atom. The molecule has 1 heterocycles. The van der Waals surface area contributed by atoms with Crippen LogP contribution >= 0.6 is 0 Å². The van der Waals surface area contributed by atoms with E-state index < -0.39 is 6.03 Å². The molecule has 318 valence electrons. The summed E-state index contributed by atoms with van der Waals surface area (Å²) in [5, 5.41) is 13.1. The number of aromatic nitrogens is 1. The van der Waals surface area contributed by atoms with Crippen molar-refractivity contribution in [2.75, 3.05) is 13.1 Å². The SMILES string of the molecule is C.CC(=O)NCCC[C@H](CC(=O)[C@H](Cc1c[nH]c2ccccc12)NC(C)C)C(=O)C(C)C.CC(C)N[C@H](C(=O)C[C@@H](CCCNC(N)=O)C(=O)C(C)C)C(C)C. The Bertz CT molecular complexity index is 1510. The fourth-order valence-electron chi connectivity index (χ4n) is 6.77. The number of benzene rings is 1. The topological polar surface area (TPSA) is 192 Å². The van der Waals surface area contributed by atoms with Crippen molar-refractivity contribution < 1.29 is 28.8 Å². The van der Waals surface area contributed by atoms with E-state index >= 15 is 0 Å². The van der Waals surface area contributed by atoms with Crippen LogP contribution in [0.3, 0.4) is 0 Å². The number of para-hydroxylation sites is 1. The number of fused-ring (bicyclic) bond motifs is 1. The molecule has 0 fully saturated rings. The Hall–Kier alpha value is -3.90. The van der Waals surface area contributed by atoms with Crippen LogP contribution < -0.4 is 27.0 Å². The summed E-state index contributed by atoms with van der Waals surface area (Å²) in [6.45, 7) is 22.0. The molecule has 0 unspecified atom stereocenters. The highest BCUT2D eigenvalue weighted by Crippen LogP contribution is 2.23. The monoisotopic (exact) mass is 785 g/mol. The van der Waals surface area contributed by atoms with E-state index in [0.717, 1.165) is 16.5 Å². The van der Waals surface area contributed by atoms with Crippen molar-refractivity contribution in [3.05, 3.63) is 36.0 Å². The zero-order chi connectivity index (χ0) is 41.8. The maximum Gasteiger partial charge on any atom is 0.312 e. The second-order valence-corrected chi connectivity index (χ2v) is 16.4. The Morgan fingerprint density at radius 3 is 1.66 bits per heavy atom. The van der Waals surface area contributed by atoms with Crippen molar-refractivity contribution in [3.8, 4) is 0 Å². The standard InChI is InChI=1S/C25H37N3O3.C18H35N3O3.CH4/c1-16(2)25(31)19(9-8-12-26-18(5)29)14-24(30)23(28-17(3)4)13-20-15-27-22-11-7-6-10-21(20)22;1-11(2)16(21-13(5)6)15(22)10-14(17(23)12(3)4)8-7-9-20-18(19)24;/h6-7,10-11,15-17,19,23,27-28H,8-9,12-14H2,1-5H3,(H,26,29);11-14,16,21H,7-10H2,1-6H3,(H3,19,20,24);1H4/t19-,23+;14-,16+;/m11./s1. The molecule has 0 radical (unpaired) electrons. The minimum absolute atomic E-state index is 0. The summed E-state index contributed by atoms with van der Waals surface area (Å²) < 4.78 is 0. The number of hydrogen-bond donors (Lipinski definition) is 6. The van der Waals surface area contributed by atoms with Gasteiger partial charge in [-0.2, -0.15) is 0 Å².